The fourth-order valence-electron chi connectivity index (χ4n) is 1.62. The molecule has 1 N–H and O–H groups in total. The van der Waals surface area contributed by atoms with Crippen molar-refractivity contribution in [2.75, 3.05) is 20.3 Å². The minimum Gasteiger partial charge on any atom is -0.485 e. The van der Waals surface area contributed by atoms with Crippen molar-refractivity contribution >= 4 is 11.8 Å². The molecule has 1 unspecified atom stereocenters. The first-order valence-corrected chi connectivity index (χ1v) is 5.30. The number of ketones is 1. The Labute approximate surface area is 103 Å². The summed E-state index contributed by atoms with van der Waals surface area (Å²) in [5.41, 5.74) is 0.487. The van der Waals surface area contributed by atoms with Crippen LogP contribution >= 0.6 is 0 Å². The van der Waals surface area contributed by atoms with Crippen molar-refractivity contribution in [2.24, 2.45) is 0 Å². The highest BCUT2D eigenvalue weighted by Crippen LogP contribution is 2.29. The van der Waals surface area contributed by atoms with Gasteiger partial charge in [-0.3, -0.25) is 4.79 Å². The van der Waals surface area contributed by atoms with Gasteiger partial charge in [-0.2, -0.15) is 0 Å². The lowest BCUT2D eigenvalue weighted by atomic mass is 10.1. The second-order valence-electron chi connectivity index (χ2n) is 3.77. The van der Waals surface area contributed by atoms with Crippen LogP contribution < -0.4 is 9.47 Å². The van der Waals surface area contributed by atoms with Crippen molar-refractivity contribution in [1.82, 2.24) is 0 Å². The van der Waals surface area contributed by atoms with E-state index in [9.17, 15) is 9.59 Å². The molecule has 1 aliphatic heterocycles. The Hall–Kier alpha value is -2.08. The number of carboxylic acid groups (broad SMARTS) is 1. The molecule has 0 bridgehead atoms. The average Bonchev–Trinajstić information content (AvgIpc) is 2.70. The van der Waals surface area contributed by atoms with Crippen LogP contribution in [0.25, 0.3) is 0 Å². The Kier molecular flexibility index (Phi) is 3.47. The van der Waals surface area contributed by atoms with Gasteiger partial charge in [0.2, 0.25) is 11.9 Å². The number of methoxy groups -OCH3 is 1. The predicted molar refractivity (Wildman–Crippen MR) is 60.2 cm³/mol. The second kappa shape index (κ2) is 5.05. The van der Waals surface area contributed by atoms with Gasteiger partial charge in [0.25, 0.3) is 0 Å². The van der Waals surface area contributed by atoms with Crippen LogP contribution in [0.5, 0.6) is 11.5 Å². The fourth-order valence-corrected chi connectivity index (χ4v) is 1.62. The van der Waals surface area contributed by atoms with Gasteiger partial charge < -0.3 is 19.3 Å². The van der Waals surface area contributed by atoms with E-state index in [2.05, 4.69) is 0 Å². The van der Waals surface area contributed by atoms with E-state index in [0.717, 1.165) is 0 Å². The summed E-state index contributed by atoms with van der Waals surface area (Å²) in [6, 6.07) is 4.61. The summed E-state index contributed by atoms with van der Waals surface area (Å²) in [6.07, 6.45) is -1.09. The number of carboxylic acids is 1. The molecule has 1 aromatic carbocycles. The second-order valence-corrected chi connectivity index (χ2v) is 3.77. The molecule has 0 aromatic heterocycles. The minimum absolute atomic E-state index is 0.0131. The number of hydrogen-bond acceptors (Lipinski definition) is 5. The molecule has 1 aromatic rings. The van der Waals surface area contributed by atoms with Crippen LogP contribution in [0.2, 0.25) is 0 Å². The Morgan fingerprint density at radius 2 is 2.33 bits per heavy atom. The van der Waals surface area contributed by atoms with Crippen molar-refractivity contribution in [3.05, 3.63) is 23.8 Å². The molecule has 1 atom stereocenters. The van der Waals surface area contributed by atoms with Gasteiger partial charge in [-0.15, -0.1) is 0 Å². The highest BCUT2D eigenvalue weighted by atomic mass is 16.5. The standard InChI is InChI=1S/C12H12O6/c1-16-6-11(12(14)15)18-7-2-3-8-9(13)5-17-10(8)4-7/h2-4,11H,5-6H2,1H3,(H,14,15). The van der Waals surface area contributed by atoms with Crippen LogP contribution in [0.15, 0.2) is 18.2 Å². The smallest absolute Gasteiger partial charge is 0.347 e. The lowest BCUT2D eigenvalue weighted by molar-refractivity contribution is -0.147. The van der Waals surface area contributed by atoms with E-state index in [0.29, 0.717) is 17.1 Å². The van der Waals surface area contributed by atoms with Gasteiger partial charge in [0.05, 0.1) is 12.2 Å². The molecular weight excluding hydrogens is 240 g/mol. The normalized spacial score (nSPS) is 14.8. The molecule has 6 nitrogen and oxygen atoms in total. The van der Waals surface area contributed by atoms with Crippen LogP contribution in [0.1, 0.15) is 10.4 Å². The Balaban J connectivity index is 2.15. The lowest BCUT2D eigenvalue weighted by Crippen LogP contribution is -2.31. The molecule has 0 fully saturated rings. The molecule has 96 valence electrons. The van der Waals surface area contributed by atoms with E-state index in [-0.39, 0.29) is 19.0 Å². The van der Waals surface area contributed by atoms with Crippen LogP contribution in [0.3, 0.4) is 0 Å². The predicted octanol–water partition coefficient (Wildman–Crippen LogP) is 0.740. The van der Waals surface area contributed by atoms with Crippen molar-refractivity contribution in [1.29, 1.82) is 0 Å². The van der Waals surface area contributed by atoms with Crippen LogP contribution in [-0.4, -0.2) is 43.3 Å². The zero-order valence-electron chi connectivity index (χ0n) is 9.71. The van der Waals surface area contributed by atoms with E-state index in [4.69, 9.17) is 19.3 Å². The Morgan fingerprint density at radius 1 is 1.56 bits per heavy atom. The third kappa shape index (κ3) is 2.43. The molecule has 0 radical (unpaired) electrons. The molecule has 0 saturated carbocycles. The van der Waals surface area contributed by atoms with Crippen LogP contribution in [0, 0.1) is 0 Å². The first-order valence-electron chi connectivity index (χ1n) is 5.30. The summed E-state index contributed by atoms with van der Waals surface area (Å²) < 4.78 is 15.2. The number of fused-ring (bicyclic) bond motifs is 1. The summed E-state index contributed by atoms with van der Waals surface area (Å²) in [6.45, 7) is -0.0502. The van der Waals surface area contributed by atoms with Crippen LogP contribution in [-0.2, 0) is 9.53 Å². The number of carbonyl (C=O) groups excluding carboxylic acids is 1. The van der Waals surface area contributed by atoms with E-state index < -0.39 is 12.1 Å². The number of benzene rings is 1. The molecule has 1 aliphatic rings. The minimum atomic E-state index is -1.12. The number of hydrogen-bond donors (Lipinski definition) is 1. The first kappa shape index (κ1) is 12.4. The Bertz CT molecular complexity index is 481. The van der Waals surface area contributed by atoms with E-state index in [1.54, 1.807) is 6.07 Å². The van der Waals surface area contributed by atoms with Crippen LogP contribution in [0.4, 0.5) is 0 Å². The molecule has 1 heterocycles. The molecule has 18 heavy (non-hydrogen) atoms. The molecule has 0 amide bonds. The molecule has 0 saturated heterocycles. The number of carbonyl (C=O) groups is 2. The molecule has 6 heteroatoms. The van der Waals surface area contributed by atoms with Gasteiger partial charge >= 0.3 is 5.97 Å². The van der Waals surface area contributed by atoms with Crippen molar-refractivity contribution < 1.29 is 28.9 Å². The van der Waals surface area contributed by atoms with Gasteiger partial charge in [-0.1, -0.05) is 0 Å². The maximum Gasteiger partial charge on any atom is 0.347 e. The maximum atomic E-state index is 11.3. The zero-order valence-corrected chi connectivity index (χ0v) is 9.71. The van der Waals surface area contributed by atoms with E-state index >= 15 is 0 Å². The van der Waals surface area contributed by atoms with E-state index in [1.165, 1.54) is 19.2 Å². The highest BCUT2D eigenvalue weighted by Gasteiger charge is 2.23. The summed E-state index contributed by atoms with van der Waals surface area (Å²) >= 11 is 0. The van der Waals surface area contributed by atoms with Gasteiger partial charge in [0, 0.05) is 13.2 Å². The van der Waals surface area contributed by atoms with Gasteiger partial charge in [-0.25, -0.2) is 4.79 Å². The SMILES string of the molecule is COCC(Oc1ccc2c(c1)OCC2=O)C(=O)O. The fraction of sp³-hybridized carbons (Fsp3) is 0.333. The van der Waals surface area contributed by atoms with Crippen molar-refractivity contribution in [2.45, 2.75) is 6.10 Å². The zero-order chi connectivity index (χ0) is 13.1. The first-order chi connectivity index (χ1) is 8.61. The largest absolute Gasteiger partial charge is 0.485 e. The summed E-state index contributed by atoms with van der Waals surface area (Å²) in [5, 5.41) is 8.91. The summed E-state index contributed by atoms with van der Waals surface area (Å²) in [5.74, 6) is -0.468. The van der Waals surface area contributed by atoms with Gasteiger partial charge in [-0.05, 0) is 12.1 Å². The topological polar surface area (TPSA) is 82.1 Å². The molecule has 0 spiro atoms. The maximum absolute atomic E-state index is 11.3. The monoisotopic (exact) mass is 252 g/mol. The number of Topliss-reactive ketones (excluding diaryl/α,β-unsaturated/α-hetero) is 1. The Morgan fingerprint density at radius 3 is 3.00 bits per heavy atom. The van der Waals surface area contributed by atoms with E-state index in [1.807, 2.05) is 0 Å². The number of aliphatic carboxylic acids is 1. The lowest BCUT2D eigenvalue weighted by Gasteiger charge is -2.14. The quantitative estimate of drug-likeness (QED) is 0.832. The highest BCUT2D eigenvalue weighted by molar-refractivity contribution is 6.02. The third-order valence-corrected chi connectivity index (χ3v) is 2.48. The van der Waals surface area contributed by atoms with Crippen molar-refractivity contribution in [3.63, 3.8) is 0 Å². The van der Waals surface area contributed by atoms with Crippen molar-refractivity contribution in [3.8, 4) is 11.5 Å². The third-order valence-electron chi connectivity index (χ3n) is 2.48. The molecule has 2 rings (SSSR count). The van der Waals surface area contributed by atoms with Gasteiger partial charge in [0.15, 0.2) is 6.61 Å². The summed E-state index contributed by atoms with van der Waals surface area (Å²) in [4.78, 5) is 22.2. The number of rotatable bonds is 5. The molecular formula is C12H12O6. The summed E-state index contributed by atoms with van der Waals surface area (Å²) in [7, 11) is 1.39. The molecule has 0 aliphatic carbocycles. The number of ether oxygens (including phenoxy) is 3. The van der Waals surface area contributed by atoms with Gasteiger partial charge in [0.1, 0.15) is 11.5 Å². The average molecular weight is 252 g/mol.